The first-order valence-electron chi connectivity index (χ1n) is 6.95. The van der Waals surface area contributed by atoms with Crippen LogP contribution in [0.25, 0.3) is 11.0 Å². The van der Waals surface area contributed by atoms with E-state index in [1.165, 1.54) is 0 Å². The Labute approximate surface area is 127 Å². The molecule has 0 aliphatic rings. The number of aryl methyl sites for hydroxylation is 1. The van der Waals surface area contributed by atoms with Gasteiger partial charge in [-0.15, -0.1) is 0 Å². The highest BCUT2D eigenvalue weighted by molar-refractivity contribution is 6.06. The summed E-state index contributed by atoms with van der Waals surface area (Å²) in [4.78, 5) is 12.3. The second kappa shape index (κ2) is 5.55. The molecular formula is C16H16N2O4. The first-order valence-corrected chi connectivity index (χ1v) is 6.95. The second-order valence-electron chi connectivity index (χ2n) is 5.25. The van der Waals surface area contributed by atoms with Crippen LogP contribution in [0.3, 0.4) is 0 Å². The lowest BCUT2D eigenvalue weighted by atomic mass is 10.1. The fourth-order valence-corrected chi connectivity index (χ4v) is 2.13. The average molecular weight is 300 g/mol. The van der Waals surface area contributed by atoms with Crippen molar-refractivity contribution in [2.75, 3.05) is 5.32 Å². The second-order valence-corrected chi connectivity index (χ2v) is 5.25. The zero-order valence-corrected chi connectivity index (χ0v) is 12.5. The van der Waals surface area contributed by atoms with Gasteiger partial charge in [0, 0.05) is 11.6 Å². The van der Waals surface area contributed by atoms with Gasteiger partial charge in [-0.25, -0.2) is 0 Å². The maximum atomic E-state index is 12.3. The van der Waals surface area contributed by atoms with Crippen LogP contribution in [0.5, 0.6) is 5.75 Å². The molecule has 0 aliphatic carbocycles. The Hall–Kier alpha value is -2.76. The first kappa shape index (κ1) is 14.2. The number of ether oxygens (including phenoxy) is 1. The molecule has 114 valence electrons. The average Bonchev–Trinajstić information content (AvgIpc) is 3.06. The molecule has 1 N–H and O–H groups in total. The lowest BCUT2D eigenvalue weighted by Gasteiger charge is -2.12. The third-order valence-electron chi connectivity index (χ3n) is 3.03. The van der Waals surface area contributed by atoms with Gasteiger partial charge in [0.2, 0.25) is 0 Å². The molecule has 6 nitrogen and oxygen atoms in total. The van der Waals surface area contributed by atoms with Gasteiger partial charge in [-0.05, 0) is 39.0 Å². The highest BCUT2D eigenvalue weighted by atomic mass is 16.5. The van der Waals surface area contributed by atoms with Crippen molar-refractivity contribution in [1.29, 1.82) is 0 Å². The number of rotatable bonds is 4. The van der Waals surface area contributed by atoms with Gasteiger partial charge in [-0.1, -0.05) is 5.16 Å². The summed E-state index contributed by atoms with van der Waals surface area (Å²) in [6, 6.07) is 6.83. The number of carbonyl (C=O) groups excluding carboxylic acids is 1. The number of nitrogens with one attached hydrogen (secondary N) is 1. The largest absolute Gasteiger partial charge is 0.490 e. The quantitative estimate of drug-likeness (QED) is 0.793. The summed E-state index contributed by atoms with van der Waals surface area (Å²) in [7, 11) is 0. The lowest BCUT2D eigenvalue weighted by Crippen LogP contribution is -2.13. The van der Waals surface area contributed by atoms with Crippen LogP contribution in [-0.2, 0) is 0 Å². The number of nitrogens with zero attached hydrogens (tertiary/aromatic N) is 1. The smallest absolute Gasteiger partial charge is 0.257 e. The maximum Gasteiger partial charge on any atom is 0.257 e. The summed E-state index contributed by atoms with van der Waals surface area (Å²) in [6.07, 6.45) is 1.56. The number of anilines is 1. The van der Waals surface area contributed by atoms with Gasteiger partial charge in [-0.2, -0.15) is 0 Å². The van der Waals surface area contributed by atoms with Crippen molar-refractivity contribution < 1.29 is 18.5 Å². The van der Waals surface area contributed by atoms with E-state index in [1.54, 1.807) is 31.4 Å². The van der Waals surface area contributed by atoms with Gasteiger partial charge >= 0.3 is 0 Å². The van der Waals surface area contributed by atoms with E-state index in [0.717, 1.165) is 5.39 Å². The number of fused-ring (bicyclic) bond motifs is 1. The summed E-state index contributed by atoms with van der Waals surface area (Å²) in [5.74, 6) is 1.30. The number of carbonyl (C=O) groups is 1. The highest BCUT2D eigenvalue weighted by Gasteiger charge is 2.15. The van der Waals surface area contributed by atoms with Crippen molar-refractivity contribution in [3.05, 3.63) is 41.9 Å². The van der Waals surface area contributed by atoms with Crippen LogP contribution in [0.2, 0.25) is 0 Å². The van der Waals surface area contributed by atoms with Gasteiger partial charge < -0.3 is 19.0 Å². The van der Waals surface area contributed by atoms with Crippen molar-refractivity contribution in [3.8, 4) is 5.75 Å². The molecule has 2 aromatic heterocycles. The van der Waals surface area contributed by atoms with Gasteiger partial charge in [0.05, 0.1) is 17.8 Å². The van der Waals surface area contributed by atoms with Crippen LogP contribution in [-0.4, -0.2) is 17.2 Å². The van der Waals surface area contributed by atoms with E-state index in [2.05, 4.69) is 10.5 Å². The van der Waals surface area contributed by atoms with Crippen molar-refractivity contribution in [1.82, 2.24) is 5.16 Å². The summed E-state index contributed by atoms with van der Waals surface area (Å²) in [5, 5.41) is 7.25. The monoisotopic (exact) mass is 300 g/mol. The fraction of sp³-hybridized carbons (Fsp3) is 0.250. The van der Waals surface area contributed by atoms with Crippen LogP contribution in [0.4, 0.5) is 5.82 Å². The van der Waals surface area contributed by atoms with E-state index in [4.69, 9.17) is 13.7 Å². The van der Waals surface area contributed by atoms with Gasteiger partial charge in [0.15, 0.2) is 5.82 Å². The first-order chi connectivity index (χ1) is 10.5. The van der Waals surface area contributed by atoms with Gasteiger partial charge in [0.25, 0.3) is 5.91 Å². The minimum atomic E-state index is -0.305. The standard InChI is InChI=1S/C16H16N2O4/c1-9(2)21-14-8-11(7-13-12(14)4-5-20-13)16(19)17-15-6-10(3)22-18-15/h4-9H,1-3H3,(H,17,18,19). The minimum absolute atomic E-state index is 0.00500. The minimum Gasteiger partial charge on any atom is -0.490 e. The Balaban J connectivity index is 1.94. The summed E-state index contributed by atoms with van der Waals surface area (Å²) < 4.78 is 16.1. The number of furan rings is 1. The van der Waals surface area contributed by atoms with Crippen molar-refractivity contribution >= 4 is 22.7 Å². The van der Waals surface area contributed by atoms with E-state index < -0.39 is 0 Å². The molecule has 0 saturated heterocycles. The molecule has 3 rings (SSSR count). The van der Waals surface area contributed by atoms with Crippen LogP contribution in [0.15, 0.2) is 39.5 Å². The SMILES string of the molecule is Cc1cc(NC(=O)c2cc(OC(C)C)c3ccoc3c2)no1. The van der Waals surface area contributed by atoms with Crippen molar-refractivity contribution in [2.24, 2.45) is 0 Å². The third-order valence-corrected chi connectivity index (χ3v) is 3.03. The third kappa shape index (κ3) is 2.81. The van der Waals surface area contributed by atoms with Crippen LogP contribution < -0.4 is 10.1 Å². The Morgan fingerprint density at radius 1 is 1.32 bits per heavy atom. The number of amides is 1. The molecule has 0 saturated carbocycles. The number of hydrogen-bond donors (Lipinski definition) is 1. The Bertz CT molecular complexity index is 817. The van der Waals surface area contributed by atoms with Crippen molar-refractivity contribution in [2.45, 2.75) is 26.9 Å². The normalized spacial score (nSPS) is 11.1. The zero-order valence-electron chi connectivity index (χ0n) is 12.5. The van der Waals surface area contributed by atoms with Crippen LogP contribution >= 0.6 is 0 Å². The maximum absolute atomic E-state index is 12.3. The Morgan fingerprint density at radius 2 is 2.14 bits per heavy atom. The molecule has 22 heavy (non-hydrogen) atoms. The van der Waals surface area contributed by atoms with E-state index in [0.29, 0.717) is 28.5 Å². The van der Waals surface area contributed by atoms with Crippen molar-refractivity contribution in [3.63, 3.8) is 0 Å². The van der Waals surface area contributed by atoms with Gasteiger partial charge in [-0.3, -0.25) is 4.79 Å². The van der Waals surface area contributed by atoms with E-state index >= 15 is 0 Å². The van der Waals surface area contributed by atoms with E-state index in [1.807, 2.05) is 19.9 Å². The number of benzene rings is 1. The number of hydrogen-bond acceptors (Lipinski definition) is 5. The van der Waals surface area contributed by atoms with Crippen LogP contribution in [0.1, 0.15) is 30.0 Å². The molecular weight excluding hydrogens is 284 g/mol. The molecule has 0 unspecified atom stereocenters. The molecule has 0 radical (unpaired) electrons. The van der Waals surface area contributed by atoms with Crippen LogP contribution in [0, 0.1) is 6.92 Å². The Kier molecular flexibility index (Phi) is 3.58. The van der Waals surface area contributed by atoms with E-state index in [-0.39, 0.29) is 12.0 Å². The molecule has 0 fully saturated rings. The van der Waals surface area contributed by atoms with Gasteiger partial charge in [0.1, 0.15) is 17.1 Å². The molecule has 0 atom stereocenters. The Morgan fingerprint density at radius 3 is 2.82 bits per heavy atom. The molecule has 0 bridgehead atoms. The molecule has 2 heterocycles. The summed E-state index contributed by atoms with van der Waals surface area (Å²) >= 11 is 0. The zero-order chi connectivity index (χ0) is 15.7. The predicted octanol–water partition coefficient (Wildman–Crippen LogP) is 3.77. The molecule has 1 aromatic carbocycles. The molecule has 0 aliphatic heterocycles. The molecule has 0 spiro atoms. The van der Waals surface area contributed by atoms with E-state index in [9.17, 15) is 4.79 Å². The fourth-order valence-electron chi connectivity index (χ4n) is 2.13. The predicted molar refractivity (Wildman–Crippen MR) is 81.2 cm³/mol. The molecule has 1 amide bonds. The molecule has 6 heteroatoms. The topological polar surface area (TPSA) is 77.5 Å². The summed E-state index contributed by atoms with van der Waals surface area (Å²) in [5.41, 5.74) is 1.03. The molecule has 3 aromatic rings. The summed E-state index contributed by atoms with van der Waals surface area (Å²) in [6.45, 7) is 5.61. The number of aromatic nitrogens is 1. The highest BCUT2D eigenvalue weighted by Crippen LogP contribution is 2.29. The lowest BCUT2D eigenvalue weighted by molar-refractivity contribution is 0.102.